The van der Waals surface area contributed by atoms with Gasteiger partial charge in [0.15, 0.2) is 0 Å². The van der Waals surface area contributed by atoms with Crippen molar-refractivity contribution in [3.63, 3.8) is 0 Å². The van der Waals surface area contributed by atoms with E-state index in [1.165, 1.54) is 0 Å². The largest absolute Gasteiger partial charge is 0.384 e. The average molecular weight is 184 g/mol. The summed E-state index contributed by atoms with van der Waals surface area (Å²) >= 11 is 0. The molecule has 2 N–H and O–H groups in total. The van der Waals surface area contributed by atoms with Gasteiger partial charge in [0.25, 0.3) is 0 Å². The summed E-state index contributed by atoms with van der Waals surface area (Å²) < 4.78 is 0. The van der Waals surface area contributed by atoms with Crippen molar-refractivity contribution < 1.29 is 5.11 Å². The summed E-state index contributed by atoms with van der Waals surface area (Å²) in [6, 6.07) is 0. The number of hydrogen-bond acceptors (Lipinski definition) is 3. The lowest BCUT2D eigenvalue weighted by atomic mass is 9.88. The Hall–Kier alpha value is -0.410. The van der Waals surface area contributed by atoms with Gasteiger partial charge in [0.2, 0.25) is 0 Å². The average Bonchev–Trinajstić information content (AvgIpc) is 1.97. The predicted octanol–water partition coefficient (Wildman–Crippen LogP) is 1.32. The first-order chi connectivity index (χ1) is 5.55. The van der Waals surface area contributed by atoms with Crippen molar-refractivity contribution in [1.29, 1.82) is 0 Å². The third kappa shape index (κ3) is 2.09. The molecule has 0 aromatic rings. The zero-order valence-corrected chi connectivity index (χ0v) is 9.39. The van der Waals surface area contributed by atoms with Crippen molar-refractivity contribution in [2.45, 2.75) is 58.3 Å². The number of nitrogens with one attached hydrogen (secondary N) is 1. The van der Waals surface area contributed by atoms with Gasteiger partial charge in [0.1, 0.15) is 5.66 Å². The van der Waals surface area contributed by atoms with Crippen molar-refractivity contribution in [3.8, 4) is 0 Å². The molecule has 0 amide bonds. The monoisotopic (exact) mass is 184 g/mol. The van der Waals surface area contributed by atoms with Crippen LogP contribution in [0.3, 0.4) is 0 Å². The van der Waals surface area contributed by atoms with Crippen molar-refractivity contribution in [1.82, 2.24) is 5.32 Å². The predicted molar refractivity (Wildman–Crippen MR) is 55.0 cm³/mol. The maximum absolute atomic E-state index is 9.91. The van der Waals surface area contributed by atoms with Gasteiger partial charge in [0.05, 0.1) is 16.9 Å². The molecule has 0 aromatic carbocycles. The van der Waals surface area contributed by atoms with E-state index >= 15 is 0 Å². The molecule has 1 aliphatic heterocycles. The Labute approximate surface area is 80.3 Å². The highest BCUT2D eigenvalue weighted by atomic mass is 16.3. The molecule has 0 saturated carbocycles. The first-order valence-electron chi connectivity index (χ1n) is 4.67. The Kier molecular flexibility index (Phi) is 2.09. The zero-order valence-electron chi connectivity index (χ0n) is 9.39. The van der Waals surface area contributed by atoms with Gasteiger partial charge in [-0.25, -0.2) is 0 Å². The summed E-state index contributed by atoms with van der Waals surface area (Å²) in [4.78, 5) is 4.50. The number of rotatable bonds is 1. The summed E-state index contributed by atoms with van der Waals surface area (Å²) in [5.41, 5.74) is -0.504. The van der Waals surface area contributed by atoms with Crippen molar-refractivity contribution in [2.24, 2.45) is 4.99 Å². The van der Waals surface area contributed by atoms with Crippen LogP contribution in [0.25, 0.3) is 0 Å². The molecule has 0 unspecified atom stereocenters. The normalized spacial score (nSPS) is 25.9. The van der Waals surface area contributed by atoms with E-state index in [4.69, 9.17) is 0 Å². The Bertz CT molecular complexity index is 246. The first-order valence-corrected chi connectivity index (χ1v) is 4.67. The smallest absolute Gasteiger partial charge is 0.105 e. The van der Waals surface area contributed by atoms with Gasteiger partial charge in [-0.15, -0.1) is 0 Å². The van der Waals surface area contributed by atoms with Crippen LogP contribution in [0.2, 0.25) is 0 Å². The zero-order chi connectivity index (χ0) is 10.5. The lowest BCUT2D eigenvalue weighted by molar-refractivity contribution is 0.147. The lowest BCUT2D eigenvalue weighted by Gasteiger charge is -2.30. The van der Waals surface area contributed by atoms with Crippen LogP contribution in [-0.4, -0.2) is 27.6 Å². The van der Waals surface area contributed by atoms with Gasteiger partial charge in [-0.05, 0) is 41.5 Å². The molecule has 0 radical (unpaired) electrons. The fraction of sp³-hybridized carbons (Fsp3) is 0.900. The van der Waals surface area contributed by atoms with Crippen LogP contribution >= 0.6 is 0 Å². The van der Waals surface area contributed by atoms with E-state index in [1.54, 1.807) is 13.8 Å². The van der Waals surface area contributed by atoms with Crippen LogP contribution in [0.1, 0.15) is 41.5 Å². The van der Waals surface area contributed by atoms with Gasteiger partial charge in [-0.1, -0.05) is 0 Å². The molecule has 0 atom stereocenters. The number of hydrogen-bond donors (Lipinski definition) is 2. The van der Waals surface area contributed by atoms with Crippen LogP contribution < -0.4 is 5.32 Å². The molecule has 0 aliphatic carbocycles. The first kappa shape index (κ1) is 10.7. The lowest BCUT2D eigenvalue weighted by Crippen LogP contribution is -2.53. The number of aliphatic hydroxyl groups is 1. The second-order valence-corrected chi connectivity index (χ2v) is 5.33. The minimum atomic E-state index is -0.843. The standard InChI is InChI=1S/C10H20N2O/c1-8(2)7(9(3,4)13)11-10(5,6)12-8/h12-13H,1-6H3. The molecule has 0 fully saturated rings. The van der Waals surface area contributed by atoms with Crippen molar-refractivity contribution in [3.05, 3.63) is 0 Å². The van der Waals surface area contributed by atoms with E-state index in [0.29, 0.717) is 0 Å². The van der Waals surface area contributed by atoms with Crippen LogP contribution in [0.15, 0.2) is 4.99 Å². The van der Waals surface area contributed by atoms with Crippen molar-refractivity contribution in [2.75, 3.05) is 0 Å². The van der Waals surface area contributed by atoms with Gasteiger partial charge in [-0.3, -0.25) is 10.3 Å². The Morgan fingerprint density at radius 1 is 1.23 bits per heavy atom. The second kappa shape index (κ2) is 2.55. The topological polar surface area (TPSA) is 44.6 Å². The molecule has 0 spiro atoms. The Morgan fingerprint density at radius 2 is 1.69 bits per heavy atom. The third-order valence-electron chi connectivity index (χ3n) is 2.18. The Balaban J connectivity index is 3.08. The van der Waals surface area contributed by atoms with Crippen LogP contribution in [0, 0.1) is 0 Å². The SMILES string of the molecule is CC1(C)N=C(C(C)(C)O)C(C)(C)N1. The van der Waals surface area contributed by atoms with E-state index in [-0.39, 0.29) is 11.2 Å². The van der Waals surface area contributed by atoms with Gasteiger partial charge >= 0.3 is 0 Å². The van der Waals surface area contributed by atoms with Crippen LogP contribution in [0.5, 0.6) is 0 Å². The molecule has 3 nitrogen and oxygen atoms in total. The molecule has 3 heteroatoms. The molecule has 76 valence electrons. The van der Waals surface area contributed by atoms with Crippen LogP contribution in [-0.2, 0) is 0 Å². The molecule has 1 aliphatic rings. The highest BCUT2D eigenvalue weighted by molar-refractivity contribution is 6.00. The molecule has 0 bridgehead atoms. The fourth-order valence-corrected chi connectivity index (χ4v) is 2.17. The van der Waals surface area contributed by atoms with Gasteiger partial charge in [0, 0.05) is 0 Å². The van der Waals surface area contributed by atoms with E-state index in [0.717, 1.165) is 5.71 Å². The van der Waals surface area contributed by atoms with Crippen molar-refractivity contribution >= 4 is 5.71 Å². The molecular weight excluding hydrogens is 164 g/mol. The van der Waals surface area contributed by atoms with Gasteiger partial charge < -0.3 is 5.11 Å². The van der Waals surface area contributed by atoms with E-state index in [2.05, 4.69) is 10.3 Å². The minimum Gasteiger partial charge on any atom is -0.384 e. The fourth-order valence-electron chi connectivity index (χ4n) is 2.17. The minimum absolute atomic E-state index is 0.220. The summed E-state index contributed by atoms with van der Waals surface area (Å²) in [5.74, 6) is 0. The van der Waals surface area contributed by atoms with E-state index in [1.807, 2.05) is 27.7 Å². The van der Waals surface area contributed by atoms with Crippen LogP contribution in [0.4, 0.5) is 0 Å². The quantitative estimate of drug-likeness (QED) is 0.645. The maximum Gasteiger partial charge on any atom is 0.105 e. The molecule has 1 rings (SSSR count). The summed E-state index contributed by atoms with van der Waals surface area (Å²) in [7, 11) is 0. The van der Waals surface area contributed by atoms with E-state index < -0.39 is 5.60 Å². The summed E-state index contributed by atoms with van der Waals surface area (Å²) in [6.07, 6.45) is 0. The number of aliphatic imine (C=N–C) groups is 1. The highest BCUT2D eigenvalue weighted by Gasteiger charge is 2.44. The second-order valence-electron chi connectivity index (χ2n) is 5.33. The summed E-state index contributed by atoms with van der Waals surface area (Å²) in [5, 5.41) is 13.3. The Morgan fingerprint density at radius 3 is 1.85 bits per heavy atom. The molecule has 0 aromatic heterocycles. The van der Waals surface area contributed by atoms with E-state index in [9.17, 15) is 5.11 Å². The van der Waals surface area contributed by atoms with Gasteiger partial charge in [-0.2, -0.15) is 0 Å². The third-order valence-corrected chi connectivity index (χ3v) is 2.18. The summed E-state index contributed by atoms with van der Waals surface area (Å²) in [6.45, 7) is 11.6. The molecule has 0 saturated heterocycles. The number of nitrogens with zero attached hydrogens (tertiary/aromatic N) is 1. The highest BCUT2D eigenvalue weighted by Crippen LogP contribution is 2.28. The molecular formula is C10H20N2O. The molecule has 13 heavy (non-hydrogen) atoms. The maximum atomic E-state index is 9.91. The molecule has 1 heterocycles.